The van der Waals surface area contributed by atoms with Crippen LogP contribution in [0.5, 0.6) is 17.2 Å². The van der Waals surface area contributed by atoms with Gasteiger partial charge in [-0.05, 0) is 106 Å². The van der Waals surface area contributed by atoms with E-state index >= 15 is 0 Å². The van der Waals surface area contributed by atoms with E-state index in [1.807, 2.05) is 45.0 Å². The van der Waals surface area contributed by atoms with Crippen molar-refractivity contribution in [1.29, 1.82) is 0 Å². The molecule has 0 aliphatic carbocycles. The zero-order chi connectivity index (χ0) is 33.1. The lowest BCUT2D eigenvalue weighted by atomic mass is 9.87. The number of carbonyl (C=O) groups excluding carboxylic acids is 2. The minimum absolute atomic E-state index is 0.177. The first-order valence-electron chi connectivity index (χ1n) is 14.8. The topological polar surface area (TPSA) is 154 Å². The van der Waals surface area contributed by atoms with Gasteiger partial charge in [-0.2, -0.15) is 0 Å². The molecule has 3 N–H and O–H groups in total. The zero-order valence-corrected chi connectivity index (χ0v) is 27.0. The molecule has 2 unspecified atom stereocenters. The summed E-state index contributed by atoms with van der Waals surface area (Å²) in [7, 11) is 1.52. The number of benzene rings is 2. The Kier molecular flexibility index (Phi) is 10.5. The van der Waals surface area contributed by atoms with Gasteiger partial charge in [0.25, 0.3) is 5.24 Å². The van der Waals surface area contributed by atoms with E-state index in [-0.39, 0.29) is 16.7 Å². The number of aliphatic carboxylic acids is 2. The van der Waals surface area contributed by atoms with Crippen LogP contribution in [0.4, 0.5) is 4.79 Å². The van der Waals surface area contributed by atoms with Crippen LogP contribution in [-0.2, 0) is 20.8 Å². The highest BCUT2D eigenvalue weighted by molar-refractivity contribution is 8.14. The third-order valence-electron chi connectivity index (χ3n) is 8.67. The Bertz CT molecular complexity index is 1490. The van der Waals surface area contributed by atoms with E-state index in [9.17, 15) is 24.3 Å². The SMILES string of the molecule is Cc1c(C)c2c(c(C)c1O)CCC(C)(CN1CCC[C@H]1COc1ccc(C3SC(=O)N(C)C3=O)cc1)O2.O=C(O)/C=C\C(=O)O. The Morgan fingerprint density at radius 3 is 2.29 bits per heavy atom. The molecule has 2 amide bonds. The summed E-state index contributed by atoms with van der Waals surface area (Å²) in [6.07, 6.45) is 5.14. The van der Waals surface area contributed by atoms with E-state index in [0.29, 0.717) is 30.6 Å². The molecule has 2 fully saturated rings. The van der Waals surface area contributed by atoms with Crippen LogP contribution < -0.4 is 9.47 Å². The van der Waals surface area contributed by atoms with E-state index in [0.717, 1.165) is 89.9 Å². The molecule has 242 valence electrons. The second-order valence-corrected chi connectivity index (χ2v) is 13.0. The smallest absolute Gasteiger partial charge is 0.328 e. The van der Waals surface area contributed by atoms with Gasteiger partial charge in [0.1, 0.15) is 34.7 Å². The number of ether oxygens (including phenoxy) is 2. The molecule has 3 aliphatic rings. The number of likely N-dealkylation sites (tertiary alicyclic amines) is 1. The van der Waals surface area contributed by atoms with Crippen molar-refractivity contribution in [2.45, 2.75) is 70.3 Å². The first kappa shape index (κ1) is 33.9. The van der Waals surface area contributed by atoms with Crippen molar-refractivity contribution in [3.8, 4) is 17.2 Å². The number of phenolic OH excluding ortho intramolecular Hbond substituents is 1. The monoisotopic (exact) mass is 640 g/mol. The summed E-state index contributed by atoms with van der Waals surface area (Å²) < 4.78 is 12.8. The van der Waals surface area contributed by atoms with Crippen LogP contribution in [0.15, 0.2) is 36.4 Å². The molecule has 0 saturated carbocycles. The summed E-state index contributed by atoms with van der Waals surface area (Å²) in [6.45, 7) is 10.6. The maximum absolute atomic E-state index is 12.3. The van der Waals surface area contributed by atoms with Crippen molar-refractivity contribution in [3.05, 3.63) is 64.2 Å². The van der Waals surface area contributed by atoms with Gasteiger partial charge in [0.15, 0.2) is 0 Å². The molecule has 45 heavy (non-hydrogen) atoms. The van der Waals surface area contributed by atoms with E-state index in [2.05, 4.69) is 11.8 Å². The summed E-state index contributed by atoms with van der Waals surface area (Å²) in [6, 6.07) is 7.83. The van der Waals surface area contributed by atoms with Gasteiger partial charge in [-0.3, -0.25) is 19.4 Å². The third-order valence-corrected chi connectivity index (χ3v) is 9.86. The second kappa shape index (κ2) is 13.9. The van der Waals surface area contributed by atoms with Crippen LogP contribution in [0.3, 0.4) is 0 Å². The number of hydrogen-bond donors (Lipinski definition) is 3. The molecule has 3 aliphatic heterocycles. The molecule has 0 spiro atoms. The van der Waals surface area contributed by atoms with E-state index in [1.54, 1.807) is 0 Å². The highest BCUT2D eigenvalue weighted by Gasteiger charge is 2.40. The van der Waals surface area contributed by atoms with Crippen LogP contribution in [0.1, 0.15) is 59.3 Å². The highest BCUT2D eigenvalue weighted by Crippen LogP contribution is 2.44. The van der Waals surface area contributed by atoms with Crippen LogP contribution in [0.2, 0.25) is 0 Å². The third kappa shape index (κ3) is 7.80. The normalized spacial score (nSPS) is 23.0. The molecule has 5 rings (SSSR count). The number of carbonyl (C=O) groups is 4. The summed E-state index contributed by atoms with van der Waals surface area (Å²) in [5.41, 5.74) is 4.52. The fraction of sp³-hybridized carbons (Fsp3) is 0.455. The molecule has 2 saturated heterocycles. The summed E-state index contributed by atoms with van der Waals surface area (Å²) >= 11 is 1.06. The number of rotatable bonds is 8. The van der Waals surface area contributed by atoms with Crippen molar-refractivity contribution >= 4 is 34.8 Å². The van der Waals surface area contributed by atoms with E-state index in [4.69, 9.17) is 19.7 Å². The van der Waals surface area contributed by atoms with Gasteiger partial charge in [0.2, 0.25) is 5.91 Å². The number of likely N-dealkylation sites (N-methyl/N-ethyl adjacent to an activating group) is 1. The van der Waals surface area contributed by atoms with Crippen LogP contribution in [-0.4, -0.2) is 86.6 Å². The lowest BCUT2D eigenvalue weighted by molar-refractivity contribution is -0.134. The molecule has 12 heteroatoms. The molecule has 3 atom stereocenters. The number of phenols is 1. The van der Waals surface area contributed by atoms with Crippen LogP contribution in [0, 0.1) is 20.8 Å². The van der Waals surface area contributed by atoms with Gasteiger partial charge in [-0.25, -0.2) is 9.59 Å². The Labute approximate surface area is 266 Å². The number of carboxylic acid groups (broad SMARTS) is 2. The van der Waals surface area contributed by atoms with Gasteiger partial charge in [0.05, 0.1) is 0 Å². The van der Waals surface area contributed by atoms with Gasteiger partial charge >= 0.3 is 11.9 Å². The maximum Gasteiger partial charge on any atom is 0.328 e. The summed E-state index contributed by atoms with van der Waals surface area (Å²) in [5.74, 6) is -0.590. The fourth-order valence-corrected chi connectivity index (χ4v) is 6.91. The average Bonchev–Trinajstić information content (AvgIpc) is 3.55. The van der Waals surface area contributed by atoms with Crippen LogP contribution in [0.25, 0.3) is 0 Å². The van der Waals surface area contributed by atoms with Gasteiger partial charge in [-0.15, -0.1) is 0 Å². The minimum atomic E-state index is -1.26. The first-order valence-corrected chi connectivity index (χ1v) is 15.7. The number of carboxylic acids is 2. The highest BCUT2D eigenvalue weighted by atomic mass is 32.2. The summed E-state index contributed by atoms with van der Waals surface area (Å²) in [4.78, 5) is 46.9. The summed E-state index contributed by atoms with van der Waals surface area (Å²) in [5, 5.41) is 25.4. The first-order chi connectivity index (χ1) is 21.2. The Morgan fingerprint density at radius 2 is 1.71 bits per heavy atom. The minimum Gasteiger partial charge on any atom is -0.507 e. The Morgan fingerprint density at radius 1 is 1.07 bits per heavy atom. The maximum atomic E-state index is 12.3. The molecule has 2 aromatic carbocycles. The predicted molar refractivity (Wildman–Crippen MR) is 169 cm³/mol. The zero-order valence-electron chi connectivity index (χ0n) is 26.2. The number of imide groups is 1. The number of aromatic hydroxyl groups is 1. The molecule has 0 aromatic heterocycles. The number of hydrogen-bond acceptors (Lipinski definition) is 9. The van der Waals surface area contributed by atoms with Gasteiger partial charge in [-0.1, -0.05) is 12.1 Å². The quantitative estimate of drug-likeness (QED) is 0.333. The van der Waals surface area contributed by atoms with Crippen molar-refractivity contribution in [3.63, 3.8) is 0 Å². The van der Waals surface area contributed by atoms with Crippen molar-refractivity contribution < 1.29 is 44.0 Å². The van der Waals surface area contributed by atoms with Gasteiger partial charge in [0, 0.05) is 37.3 Å². The largest absolute Gasteiger partial charge is 0.507 e. The molecular formula is C33H40N2O9S. The Hall–Kier alpha value is -4.03. The molecule has 11 nitrogen and oxygen atoms in total. The predicted octanol–water partition coefficient (Wildman–Crippen LogP) is 5.02. The molecule has 3 heterocycles. The van der Waals surface area contributed by atoms with Crippen molar-refractivity contribution in [2.24, 2.45) is 0 Å². The fourth-order valence-electron chi connectivity index (χ4n) is 5.91. The van der Waals surface area contributed by atoms with Crippen LogP contribution >= 0.6 is 11.8 Å². The lowest BCUT2D eigenvalue weighted by Gasteiger charge is -2.41. The number of thioether (sulfide) groups is 1. The molecule has 0 radical (unpaired) electrons. The second-order valence-electron chi connectivity index (χ2n) is 11.9. The molecule has 2 aromatic rings. The lowest BCUT2D eigenvalue weighted by Crippen LogP contribution is -2.50. The van der Waals surface area contributed by atoms with E-state index < -0.39 is 17.2 Å². The number of amides is 2. The molecular weight excluding hydrogens is 600 g/mol. The number of nitrogens with zero attached hydrogens (tertiary/aromatic N) is 2. The van der Waals surface area contributed by atoms with Crippen molar-refractivity contribution in [1.82, 2.24) is 9.80 Å². The number of fused-ring (bicyclic) bond motifs is 1. The van der Waals surface area contributed by atoms with E-state index in [1.165, 1.54) is 11.9 Å². The van der Waals surface area contributed by atoms with Gasteiger partial charge < -0.3 is 24.8 Å². The van der Waals surface area contributed by atoms with Crippen molar-refractivity contribution in [2.75, 3.05) is 26.7 Å². The standard InChI is InChI=1S/C29H36N2O5S.C4H4O4/c1-17-18(2)25-23(19(3)24(17)32)12-13-29(4,36-25)16-31-14-6-7-21(31)15-35-22-10-8-20(9-11-22)26-27(33)30(5)28(34)37-26;5-3(6)1-2-4(7)8/h8-11,21,26,32H,6-7,12-16H2,1-5H3;1-2H,(H,5,6)(H,7,8)/b;2-1-/t21-,26?,29?;/m0./s1. The molecule has 0 bridgehead atoms. The average molecular weight is 641 g/mol. The Balaban J connectivity index is 0.000000510.